The number of carbonyl (C=O) groups excluding carboxylic acids is 1. The van der Waals surface area contributed by atoms with Gasteiger partial charge >= 0.3 is 0 Å². The van der Waals surface area contributed by atoms with Crippen molar-refractivity contribution in [2.24, 2.45) is 0 Å². The van der Waals surface area contributed by atoms with Gasteiger partial charge in [-0.3, -0.25) is 4.79 Å². The van der Waals surface area contributed by atoms with Crippen molar-refractivity contribution in [3.63, 3.8) is 0 Å². The number of nitrogens with one attached hydrogen (secondary N) is 1. The van der Waals surface area contributed by atoms with E-state index in [9.17, 15) is 4.79 Å². The summed E-state index contributed by atoms with van der Waals surface area (Å²) >= 11 is 0. The first-order chi connectivity index (χ1) is 11.1. The maximum Gasteiger partial charge on any atom is 0.251 e. The standard InChI is InChI=1S/C20H26N2O/c1-4-16-8-5-9-17(14-16)18-10-6-11-19(15-18)20(23)21-12-7-13-22(2)3/h5-6,8-11,14-15H,4,7,12-13H2,1-3H3,(H,21,23). The number of rotatable bonds is 7. The van der Waals surface area contributed by atoms with Gasteiger partial charge in [0.15, 0.2) is 0 Å². The number of amides is 1. The maximum absolute atomic E-state index is 12.3. The highest BCUT2D eigenvalue weighted by molar-refractivity contribution is 5.95. The Morgan fingerprint density at radius 2 is 1.74 bits per heavy atom. The maximum atomic E-state index is 12.3. The Labute approximate surface area is 139 Å². The zero-order chi connectivity index (χ0) is 16.7. The van der Waals surface area contributed by atoms with Gasteiger partial charge in [-0.1, -0.05) is 43.3 Å². The first kappa shape index (κ1) is 17.2. The highest BCUT2D eigenvalue weighted by Gasteiger charge is 2.07. The predicted molar refractivity (Wildman–Crippen MR) is 96.8 cm³/mol. The van der Waals surface area contributed by atoms with Crippen LogP contribution in [0.2, 0.25) is 0 Å². The minimum atomic E-state index is -0.00254. The molecule has 3 nitrogen and oxygen atoms in total. The molecule has 0 spiro atoms. The second kappa shape index (κ2) is 8.49. The van der Waals surface area contributed by atoms with Crippen LogP contribution in [0.3, 0.4) is 0 Å². The summed E-state index contributed by atoms with van der Waals surface area (Å²) in [4.78, 5) is 14.4. The highest BCUT2D eigenvalue weighted by atomic mass is 16.1. The van der Waals surface area contributed by atoms with Gasteiger partial charge in [-0.05, 0) is 62.3 Å². The molecule has 0 unspecified atom stereocenters. The van der Waals surface area contributed by atoms with E-state index < -0.39 is 0 Å². The molecule has 0 aliphatic heterocycles. The van der Waals surface area contributed by atoms with E-state index in [0.29, 0.717) is 12.1 Å². The molecule has 0 saturated carbocycles. The third kappa shape index (κ3) is 5.22. The molecule has 0 bridgehead atoms. The van der Waals surface area contributed by atoms with Gasteiger partial charge in [0.05, 0.1) is 0 Å². The van der Waals surface area contributed by atoms with Crippen LogP contribution in [0.15, 0.2) is 48.5 Å². The van der Waals surface area contributed by atoms with Crippen LogP contribution in [0.4, 0.5) is 0 Å². The molecular formula is C20H26N2O. The molecule has 0 aliphatic rings. The zero-order valence-corrected chi connectivity index (χ0v) is 14.3. The first-order valence-electron chi connectivity index (χ1n) is 8.22. The Kier molecular flexibility index (Phi) is 6.36. The molecule has 0 aromatic heterocycles. The van der Waals surface area contributed by atoms with Gasteiger partial charge in [-0.15, -0.1) is 0 Å². The molecule has 1 amide bonds. The summed E-state index contributed by atoms with van der Waals surface area (Å²) in [5.74, 6) is -0.00254. The Morgan fingerprint density at radius 1 is 1.04 bits per heavy atom. The van der Waals surface area contributed by atoms with E-state index in [1.54, 1.807) is 0 Å². The van der Waals surface area contributed by atoms with Crippen LogP contribution in [0.25, 0.3) is 11.1 Å². The first-order valence-corrected chi connectivity index (χ1v) is 8.22. The van der Waals surface area contributed by atoms with Crippen LogP contribution in [-0.4, -0.2) is 38.0 Å². The predicted octanol–water partition coefficient (Wildman–Crippen LogP) is 3.60. The van der Waals surface area contributed by atoms with Crippen LogP contribution in [0.1, 0.15) is 29.3 Å². The monoisotopic (exact) mass is 310 g/mol. The quantitative estimate of drug-likeness (QED) is 0.793. The number of nitrogens with zero attached hydrogens (tertiary/aromatic N) is 1. The van der Waals surface area contributed by atoms with E-state index in [0.717, 1.165) is 30.5 Å². The molecule has 0 atom stereocenters. The molecule has 2 rings (SSSR count). The Bertz CT molecular complexity index is 650. The number of hydrogen-bond donors (Lipinski definition) is 1. The largest absolute Gasteiger partial charge is 0.352 e. The van der Waals surface area contributed by atoms with Gasteiger partial charge < -0.3 is 10.2 Å². The molecular weight excluding hydrogens is 284 g/mol. The van der Waals surface area contributed by atoms with Crippen LogP contribution in [0, 0.1) is 0 Å². The van der Waals surface area contributed by atoms with Crippen molar-refractivity contribution in [2.45, 2.75) is 19.8 Å². The normalized spacial score (nSPS) is 10.8. The summed E-state index contributed by atoms with van der Waals surface area (Å²) in [5, 5.41) is 2.99. The highest BCUT2D eigenvalue weighted by Crippen LogP contribution is 2.22. The molecule has 122 valence electrons. The third-order valence-electron chi connectivity index (χ3n) is 3.86. The fourth-order valence-corrected chi connectivity index (χ4v) is 2.51. The second-order valence-electron chi connectivity index (χ2n) is 6.05. The Hall–Kier alpha value is -2.13. The van der Waals surface area contributed by atoms with E-state index in [1.165, 1.54) is 5.56 Å². The van der Waals surface area contributed by atoms with Crippen molar-refractivity contribution in [3.05, 3.63) is 59.7 Å². The summed E-state index contributed by atoms with van der Waals surface area (Å²) in [5.41, 5.74) is 4.27. The van der Waals surface area contributed by atoms with Gasteiger partial charge in [0.2, 0.25) is 0 Å². The molecule has 0 saturated heterocycles. The zero-order valence-electron chi connectivity index (χ0n) is 14.3. The Morgan fingerprint density at radius 3 is 2.43 bits per heavy atom. The van der Waals surface area contributed by atoms with Crippen molar-refractivity contribution in [2.75, 3.05) is 27.2 Å². The van der Waals surface area contributed by atoms with Gasteiger partial charge in [-0.25, -0.2) is 0 Å². The lowest BCUT2D eigenvalue weighted by molar-refractivity contribution is 0.0952. The van der Waals surface area contributed by atoms with Gasteiger partial charge in [0.1, 0.15) is 0 Å². The van der Waals surface area contributed by atoms with E-state index in [2.05, 4.69) is 47.5 Å². The van der Waals surface area contributed by atoms with Crippen molar-refractivity contribution in [1.82, 2.24) is 10.2 Å². The van der Waals surface area contributed by atoms with Crippen LogP contribution < -0.4 is 5.32 Å². The molecule has 0 fully saturated rings. The van der Waals surface area contributed by atoms with Gasteiger partial charge in [0, 0.05) is 12.1 Å². The smallest absolute Gasteiger partial charge is 0.251 e. The number of benzene rings is 2. The molecule has 1 N–H and O–H groups in total. The van der Waals surface area contributed by atoms with E-state index in [4.69, 9.17) is 0 Å². The third-order valence-corrected chi connectivity index (χ3v) is 3.86. The number of carbonyl (C=O) groups is 1. The average Bonchev–Trinajstić information content (AvgIpc) is 2.58. The summed E-state index contributed by atoms with van der Waals surface area (Å²) in [7, 11) is 4.07. The van der Waals surface area contributed by atoms with Crippen LogP contribution in [-0.2, 0) is 6.42 Å². The number of hydrogen-bond acceptors (Lipinski definition) is 2. The fourth-order valence-electron chi connectivity index (χ4n) is 2.51. The Balaban J connectivity index is 2.05. The molecule has 0 radical (unpaired) electrons. The van der Waals surface area contributed by atoms with E-state index >= 15 is 0 Å². The minimum Gasteiger partial charge on any atom is -0.352 e. The van der Waals surface area contributed by atoms with E-state index in [-0.39, 0.29) is 5.91 Å². The van der Waals surface area contributed by atoms with Crippen molar-refractivity contribution < 1.29 is 4.79 Å². The molecule has 23 heavy (non-hydrogen) atoms. The molecule has 2 aromatic rings. The lowest BCUT2D eigenvalue weighted by atomic mass is 10.00. The van der Waals surface area contributed by atoms with E-state index in [1.807, 2.05) is 32.3 Å². The summed E-state index contributed by atoms with van der Waals surface area (Å²) < 4.78 is 0. The van der Waals surface area contributed by atoms with Crippen molar-refractivity contribution in [1.29, 1.82) is 0 Å². The summed E-state index contributed by atoms with van der Waals surface area (Å²) in [6.07, 6.45) is 1.97. The summed E-state index contributed by atoms with van der Waals surface area (Å²) in [6.45, 7) is 3.83. The summed E-state index contributed by atoms with van der Waals surface area (Å²) in [6, 6.07) is 16.3. The second-order valence-corrected chi connectivity index (χ2v) is 6.05. The SMILES string of the molecule is CCc1cccc(-c2cccc(C(=O)NCCCN(C)C)c2)c1. The van der Waals surface area contributed by atoms with Gasteiger partial charge in [0.25, 0.3) is 5.91 Å². The molecule has 3 heteroatoms. The topological polar surface area (TPSA) is 32.3 Å². The molecule has 0 aliphatic carbocycles. The van der Waals surface area contributed by atoms with Crippen molar-refractivity contribution in [3.8, 4) is 11.1 Å². The fraction of sp³-hybridized carbons (Fsp3) is 0.350. The van der Waals surface area contributed by atoms with Crippen LogP contribution in [0.5, 0.6) is 0 Å². The lowest BCUT2D eigenvalue weighted by Crippen LogP contribution is -2.27. The minimum absolute atomic E-state index is 0.00254. The lowest BCUT2D eigenvalue weighted by Gasteiger charge is -2.10. The van der Waals surface area contributed by atoms with Crippen molar-refractivity contribution >= 4 is 5.91 Å². The van der Waals surface area contributed by atoms with Crippen LogP contribution >= 0.6 is 0 Å². The number of aryl methyl sites for hydroxylation is 1. The molecule has 0 heterocycles. The van der Waals surface area contributed by atoms with Gasteiger partial charge in [-0.2, -0.15) is 0 Å². The molecule has 2 aromatic carbocycles. The average molecular weight is 310 g/mol.